The molecule has 1 aliphatic heterocycles. The van der Waals surface area contributed by atoms with Crippen molar-refractivity contribution in [3.8, 4) is 0 Å². The molecular formula is C14H33N3. The Kier molecular flexibility index (Phi) is 8.83. The lowest BCUT2D eigenvalue weighted by atomic mass is 9.68. The molecule has 0 amide bonds. The van der Waals surface area contributed by atoms with Crippen LogP contribution in [0.3, 0.4) is 0 Å². The Labute approximate surface area is 108 Å². The van der Waals surface area contributed by atoms with Gasteiger partial charge in [-0.2, -0.15) is 0 Å². The van der Waals surface area contributed by atoms with Crippen molar-refractivity contribution in [3.63, 3.8) is 0 Å². The molecule has 2 rings (SSSR count). The molecule has 2 N–H and O–H groups in total. The number of rotatable bonds is 1. The topological polar surface area (TPSA) is 27.3 Å². The third-order valence-corrected chi connectivity index (χ3v) is 3.45. The van der Waals surface area contributed by atoms with Gasteiger partial charge in [-0.15, -0.1) is 0 Å². The number of hydrogen-bond donors (Lipinski definition) is 2. The fourth-order valence-corrected chi connectivity index (χ4v) is 2.35. The standard InChI is InChI=1S/C9H18N2.C3H9N.C2H6/c1-10-8-2-4-9(5-3-8)6-11-7-9;1-4(2)3;1-2/h8,10-11H,2-7H2,1H3;1-3H3;1-2H3. The molecule has 0 unspecified atom stereocenters. The average Bonchev–Trinajstić information content (AvgIpc) is 2.29. The lowest BCUT2D eigenvalue weighted by Gasteiger charge is -2.47. The first-order chi connectivity index (χ1) is 8.08. The summed E-state index contributed by atoms with van der Waals surface area (Å²) in [7, 11) is 8.09. The summed E-state index contributed by atoms with van der Waals surface area (Å²) in [5, 5.41) is 6.75. The highest BCUT2D eigenvalue weighted by Gasteiger charge is 2.39. The van der Waals surface area contributed by atoms with E-state index in [0.29, 0.717) is 0 Å². The molecule has 17 heavy (non-hydrogen) atoms. The molecule has 0 aromatic heterocycles. The van der Waals surface area contributed by atoms with Gasteiger partial charge >= 0.3 is 0 Å². The van der Waals surface area contributed by atoms with Gasteiger partial charge in [0.1, 0.15) is 0 Å². The predicted molar refractivity (Wildman–Crippen MR) is 77.6 cm³/mol. The third kappa shape index (κ3) is 6.39. The van der Waals surface area contributed by atoms with Crippen molar-refractivity contribution >= 4 is 0 Å². The van der Waals surface area contributed by atoms with Crippen LogP contribution in [0.15, 0.2) is 0 Å². The number of nitrogens with one attached hydrogen (secondary N) is 2. The van der Waals surface area contributed by atoms with Crippen molar-refractivity contribution in [2.24, 2.45) is 5.41 Å². The van der Waals surface area contributed by atoms with Crippen molar-refractivity contribution in [2.45, 2.75) is 45.6 Å². The van der Waals surface area contributed by atoms with Crippen LogP contribution in [0.2, 0.25) is 0 Å². The average molecular weight is 243 g/mol. The molecule has 0 atom stereocenters. The molecule has 1 saturated heterocycles. The van der Waals surface area contributed by atoms with E-state index in [2.05, 4.69) is 17.7 Å². The maximum absolute atomic E-state index is 3.38. The molecule has 3 heteroatoms. The van der Waals surface area contributed by atoms with E-state index in [-0.39, 0.29) is 0 Å². The van der Waals surface area contributed by atoms with Crippen LogP contribution in [-0.4, -0.2) is 52.2 Å². The molecule has 0 aromatic carbocycles. The lowest BCUT2D eigenvalue weighted by molar-refractivity contribution is 0.0929. The molecule has 3 nitrogen and oxygen atoms in total. The summed E-state index contributed by atoms with van der Waals surface area (Å²) >= 11 is 0. The van der Waals surface area contributed by atoms with Crippen molar-refractivity contribution in [1.82, 2.24) is 15.5 Å². The number of nitrogens with zero attached hydrogens (tertiary/aromatic N) is 1. The largest absolute Gasteiger partial charge is 0.317 e. The molecule has 1 saturated carbocycles. The lowest BCUT2D eigenvalue weighted by Crippen LogP contribution is -2.56. The molecular weight excluding hydrogens is 210 g/mol. The molecule has 1 aliphatic carbocycles. The summed E-state index contributed by atoms with van der Waals surface area (Å²) in [4.78, 5) is 2.00. The van der Waals surface area contributed by atoms with Crippen LogP contribution >= 0.6 is 0 Å². The monoisotopic (exact) mass is 243 g/mol. The molecule has 0 aromatic rings. The van der Waals surface area contributed by atoms with Crippen molar-refractivity contribution in [3.05, 3.63) is 0 Å². The van der Waals surface area contributed by atoms with Crippen molar-refractivity contribution in [1.29, 1.82) is 0 Å². The Hall–Kier alpha value is -0.120. The SMILES string of the molecule is CC.CN(C)C.CNC1CCC2(CC1)CNC2. The quantitative estimate of drug-likeness (QED) is 0.737. The van der Waals surface area contributed by atoms with Gasteiger partial charge in [0, 0.05) is 19.1 Å². The summed E-state index contributed by atoms with van der Waals surface area (Å²) in [6.45, 7) is 6.56. The predicted octanol–water partition coefficient (Wildman–Crippen LogP) is 1.94. The maximum Gasteiger partial charge on any atom is 0.00645 e. The van der Waals surface area contributed by atoms with Gasteiger partial charge < -0.3 is 15.5 Å². The first-order valence-electron chi connectivity index (χ1n) is 7.07. The maximum atomic E-state index is 3.38. The van der Waals surface area contributed by atoms with Crippen LogP contribution in [0.4, 0.5) is 0 Å². The van der Waals surface area contributed by atoms with E-state index in [1.54, 1.807) is 0 Å². The summed E-state index contributed by atoms with van der Waals surface area (Å²) in [5.41, 5.74) is 0.730. The highest BCUT2D eigenvalue weighted by atomic mass is 15.0. The van der Waals surface area contributed by atoms with E-state index in [4.69, 9.17) is 0 Å². The summed E-state index contributed by atoms with van der Waals surface area (Å²) in [5.74, 6) is 0. The Morgan fingerprint density at radius 3 is 1.71 bits per heavy atom. The van der Waals surface area contributed by atoms with Crippen LogP contribution in [0.1, 0.15) is 39.5 Å². The fourth-order valence-electron chi connectivity index (χ4n) is 2.35. The van der Waals surface area contributed by atoms with Gasteiger partial charge in [0.15, 0.2) is 0 Å². The summed E-state index contributed by atoms with van der Waals surface area (Å²) < 4.78 is 0. The second kappa shape index (κ2) is 8.90. The Morgan fingerprint density at radius 2 is 1.47 bits per heavy atom. The minimum atomic E-state index is 0.730. The van der Waals surface area contributed by atoms with Gasteiger partial charge in [-0.1, -0.05) is 13.8 Å². The normalized spacial score (nSPS) is 22.1. The molecule has 1 heterocycles. The zero-order valence-corrected chi connectivity index (χ0v) is 12.8. The Morgan fingerprint density at radius 1 is 1.06 bits per heavy atom. The van der Waals surface area contributed by atoms with Crippen molar-refractivity contribution < 1.29 is 0 Å². The van der Waals surface area contributed by atoms with E-state index < -0.39 is 0 Å². The van der Waals surface area contributed by atoms with Gasteiger partial charge in [-0.05, 0) is 59.3 Å². The van der Waals surface area contributed by atoms with Gasteiger partial charge in [0.25, 0.3) is 0 Å². The molecule has 2 aliphatic rings. The first kappa shape index (κ1) is 16.9. The van der Waals surface area contributed by atoms with Crippen LogP contribution in [-0.2, 0) is 0 Å². The van der Waals surface area contributed by atoms with Crippen LogP contribution in [0.5, 0.6) is 0 Å². The fraction of sp³-hybridized carbons (Fsp3) is 1.00. The van der Waals surface area contributed by atoms with Gasteiger partial charge in [-0.25, -0.2) is 0 Å². The van der Waals surface area contributed by atoms with E-state index >= 15 is 0 Å². The molecule has 104 valence electrons. The highest BCUT2D eigenvalue weighted by Crippen LogP contribution is 2.39. The van der Waals surface area contributed by atoms with E-state index in [1.807, 2.05) is 39.9 Å². The van der Waals surface area contributed by atoms with Crippen LogP contribution in [0, 0.1) is 5.41 Å². The van der Waals surface area contributed by atoms with Gasteiger partial charge in [0.05, 0.1) is 0 Å². The second-order valence-corrected chi connectivity index (χ2v) is 5.51. The summed E-state index contributed by atoms with van der Waals surface area (Å²) in [6.07, 6.45) is 5.65. The van der Waals surface area contributed by atoms with Gasteiger partial charge in [-0.3, -0.25) is 0 Å². The highest BCUT2D eigenvalue weighted by molar-refractivity contribution is 4.96. The Balaban J connectivity index is 0.000000368. The summed E-state index contributed by atoms with van der Waals surface area (Å²) in [6, 6.07) is 0.807. The third-order valence-electron chi connectivity index (χ3n) is 3.45. The molecule has 0 bridgehead atoms. The van der Waals surface area contributed by atoms with Crippen LogP contribution < -0.4 is 10.6 Å². The van der Waals surface area contributed by atoms with Crippen LogP contribution in [0.25, 0.3) is 0 Å². The minimum absolute atomic E-state index is 0.730. The van der Waals surface area contributed by atoms with Gasteiger partial charge in [0.2, 0.25) is 0 Å². The second-order valence-electron chi connectivity index (χ2n) is 5.51. The smallest absolute Gasteiger partial charge is 0.00645 e. The van der Waals surface area contributed by atoms with E-state index in [9.17, 15) is 0 Å². The van der Waals surface area contributed by atoms with E-state index in [0.717, 1.165) is 11.5 Å². The number of hydrogen-bond acceptors (Lipinski definition) is 3. The molecule has 2 fully saturated rings. The Bertz CT molecular complexity index is 164. The zero-order chi connectivity index (χ0) is 13.3. The minimum Gasteiger partial charge on any atom is -0.317 e. The zero-order valence-electron chi connectivity index (χ0n) is 12.8. The molecule has 0 radical (unpaired) electrons. The van der Waals surface area contributed by atoms with E-state index in [1.165, 1.54) is 38.8 Å². The first-order valence-corrected chi connectivity index (χ1v) is 7.07. The van der Waals surface area contributed by atoms with Crippen molar-refractivity contribution in [2.75, 3.05) is 41.3 Å². The molecule has 1 spiro atoms.